The Labute approximate surface area is 129 Å². The highest BCUT2D eigenvalue weighted by atomic mass is 35.5. The number of nitrogens with one attached hydrogen (secondary N) is 1. The molecule has 0 radical (unpaired) electrons. The number of rotatable bonds is 4. The SMILES string of the molecule is CC(=O)OC(C)(Nc1cc(Cl)ccc1C)c1ccc(C)o1. The van der Waals surface area contributed by atoms with Crippen LogP contribution in [0.25, 0.3) is 0 Å². The number of hydrogen-bond acceptors (Lipinski definition) is 4. The van der Waals surface area contributed by atoms with Crippen LogP contribution in [0, 0.1) is 13.8 Å². The third-order valence-corrected chi connectivity index (χ3v) is 3.37. The number of halogens is 1. The van der Waals surface area contributed by atoms with E-state index in [9.17, 15) is 4.79 Å². The zero-order chi connectivity index (χ0) is 15.6. The lowest BCUT2D eigenvalue weighted by Gasteiger charge is -2.30. The number of aryl methyl sites for hydroxylation is 2. The van der Waals surface area contributed by atoms with E-state index in [2.05, 4.69) is 5.32 Å². The highest BCUT2D eigenvalue weighted by Gasteiger charge is 2.34. The Morgan fingerprint density at radius 2 is 2.00 bits per heavy atom. The Morgan fingerprint density at radius 1 is 1.29 bits per heavy atom. The van der Waals surface area contributed by atoms with Crippen LogP contribution in [0.15, 0.2) is 34.7 Å². The number of benzene rings is 1. The summed E-state index contributed by atoms with van der Waals surface area (Å²) in [4.78, 5) is 11.5. The van der Waals surface area contributed by atoms with Crippen molar-refractivity contribution >= 4 is 23.3 Å². The standard InChI is InChI=1S/C16H18ClNO3/c1-10-5-7-13(17)9-14(10)18-16(4,21-12(3)19)15-8-6-11(2)20-15/h5-9,18H,1-4H3. The molecule has 2 rings (SSSR count). The molecule has 4 nitrogen and oxygen atoms in total. The molecule has 2 aromatic rings. The molecule has 0 aliphatic heterocycles. The molecule has 0 bridgehead atoms. The minimum Gasteiger partial charge on any atom is -0.460 e. The van der Waals surface area contributed by atoms with Gasteiger partial charge in [0.05, 0.1) is 0 Å². The maximum atomic E-state index is 11.5. The summed E-state index contributed by atoms with van der Waals surface area (Å²) in [6.45, 7) is 6.89. The molecule has 1 unspecified atom stereocenters. The van der Waals surface area contributed by atoms with Gasteiger partial charge in [0.1, 0.15) is 5.76 Å². The lowest BCUT2D eigenvalue weighted by molar-refractivity contribution is -0.155. The molecule has 1 atom stereocenters. The summed E-state index contributed by atoms with van der Waals surface area (Å²) in [5.41, 5.74) is 0.663. The predicted octanol–water partition coefficient (Wildman–Crippen LogP) is 4.40. The minimum atomic E-state index is -1.10. The molecule has 0 fully saturated rings. The van der Waals surface area contributed by atoms with E-state index in [1.165, 1.54) is 6.92 Å². The molecule has 1 aromatic carbocycles. The van der Waals surface area contributed by atoms with Crippen molar-refractivity contribution in [3.8, 4) is 0 Å². The van der Waals surface area contributed by atoms with Crippen molar-refractivity contribution in [1.82, 2.24) is 0 Å². The van der Waals surface area contributed by atoms with Gasteiger partial charge in [-0.15, -0.1) is 0 Å². The first-order chi connectivity index (χ1) is 9.80. The number of furan rings is 1. The van der Waals surface area contributed by atoms with E-state index in [4.69, 9.17) is 20.8 Å². The smallest absolute Gasteiger partial charge is 0.305 e. The van der Waals surface area contributed by atoms with Crippen molar-refractivity contribution in [2.24, 2.45) is 0 Å². The minimum absolute atomic E-state index is 0.404. The van der Waals surface area contributed by atoms with Crippen LogP contribution < -0.4 is 5.32 Å². The van der Waals surface area contributed by atoms with Crippen LogP contribution in [0.5, 0.6) is 0 Å². The summed E-state index contributed by atoms with van der Waals surface area (Å²) in [6, 6.07) is 9.09. The first-order valence-electron chi connectivity index (χ1n) is 6.61. The van der Waals surface area contributed by atoms with Gasteiger partial charge in [0.25, 0.3) is 0 Å². The maximum absolute atomic E-state index is 11.5. The summed E-state index contributed by atoms with van der Waals surface area (Å²) >= 11 is 6.03. The fraction of sp³-hybridized carbons (Fsp3) is 0.312. The van der Waals surface area contributed by atoms with Gasteiger partial charge in [-0.1, -0.05) is 17.7 Å². The van der Waals surface area contributed by atoms with E-state index in [1.54, 1.807) is 19.1 Å². The van der Waals surface area contributed by atoms with Gasteiger partial charge in [-0.25, -0.2) is 0 Å². The zero-order valence-electron chi connectivity index (χ0n) is 12.5. The normalized spacial score (nSPS) is 13.6. The third-order valence-electron chi connectivity index (χ3n) is 3.13. The highest BCUT2D eigenvalue weighted by molar-refractivity contribution is 6.30. The van der Waals surface area contributed by atoms with Crippen LogP contribution in [0.3, 0.4) is 0 Å². The predicted molar refractivity (Wildman–Crippen MR) is 82.4 cm³/mol. The molecule has 0 spiro atoms. The van der Waals surface area contributed by atoms with Crippen molar-refractivity contribution in [2.45, 2.75) is 33.4 Å². The van der Waals surface area contributed by atoms with Crippen LogP contribution in [0.1, 0.15) is 30.9 Å². The second kappa shape index (κ2) is 5.82. The van der Waals surface area contributed by atoms with Gasteiger partial charge in [0.15, 0.2) is 5.76 Å². The Hall–Kier alpha value is -1.94. The zero-order valence-corrected chi connectivity index (χ0v) is 13.2. The van der Waals surface area contributed by atoms with Crippen molar-refractivity contribution in [1.29, 1.82) is 0 Å². The van der Waals surface area contributed by atoms with Gasteiger partial charge in [-0.2, -0.15) is 0 Å². The molecule has 1 heterocycles. The molecule has 21 heavy (non-hydrogen) atoms. The van der Waals surface area contributed by atoms with Crippen LogP contribution >= 0.6 is 11.6 Å². The van der Waals surface area contributed by atoms with Gasteiger partial charge < -0.3 is 14.5 Å². The van der Waals surface area contributed by atoms with E-state index < -0.39 is 11.7 Å². The van der Waals surface area contributed by atoms with E-state index in [-0.39, 0.29) is 0 Å². The molecular weight excluding hydrogens is 290 g/mol. The van der Waals surface area contributed by atoms with Crippen molar-refractivity contribution in [2.75, 3.05) is 5.32 Å². The number of esters is 1. The second-order valence-corrected chi connectivity index (χ2v) is 5.56. The molecule has 0 aliphatic carbocycles. The van der Waals surface area contributed by atoms with Gasteiger partial charge in [0.2, 0.25) is 5.72 Å². The molecule has 0 amide bonds. The monoisotopic (exact) mass is 307 g/mol. The first kappa shape index (κ1) is 15.4. The van der Waals surface area contributed by atoms with Crippen molar-refractivity contribution in [3.63, 3.8) is 0 Å². The fourth-order valence-corrected chi connectivity index (χ4v) is 2.27. The number of hydrogen-bond donors (Lipinski definition) is 1. The summed E-state index contributed by atoms with van der Waals surface area (Å²) < 4.78 is 11.1. The van der Waals surface area contributed by atoms with Crippen LogP contribution in [-0.2, 0) is 15.3 Å². The summed E-state index contributed by atoms with van der Waals surface area (Å²) in [6.07, 6.45) is 0. The lowest BCUT2D eigenvalue weighted by atomic mass is 10.1. The number of carbonyl (C=O) groups is 1. The highest BCUT2D eigenvalue weighted by Crippen LogP contribution is 2.31. The Kier molecular flexibility index (Phi) is 4.28. The van der Waals surface area contributed by atoms with E-state index in [0.29, 0.717) is 10.8 Å². The summed E-state index contributed by atoms with van der Waals surface area (Å²) in [7, 11) is 0. The summed E-state index contributed by atoms with van der Waals surface area (Å²) in [5, 5.41) is 3.81. The van der Waals surface area contributed by atoms with Crippen LogP contribution in [0.4, 0.5) is 5.69 Å². The molecule has 5 heteroatoms. The topological polar surface area (TPSA) is 51.5 Å². The maximum Gasteiger partial charge on any atom is 0.305 e. The second-order valence-electron chi connectivity index (χ2n) is 5.12. The van der Waals surface area contributed by atoms with Gasteiger partial charge in [0, 0.05) is 24.6 Å². The molecule has 112 valence electrons. The molecule has 0 saturated heterocycles. The quantitative estimate of drug-likeness (QED) is 0.672. The van der Waals surface area contributed by atoms with Gasteiger partial charge in [-0.05, 0) is 43.7 Å². The fourth-order valence-electron chi connectivity index (χ4n) is 2.10. The van der Waals surface area contributed by atoms with Crippen LogP contribution in [-0.4, -0.2) is 5.97 Å². The van der Waals surface area contributed by atoms with Gasteiger partial charge >= 0.3 is 5.97 Å². The van der Waals surface area contributed by atoms with Crippen LogP contribution in [0.2, 0.25) is 5.02 Å². The first-order valence-corrected chi connectivity index (χ1v) is 6.99. The Bertz CT molecular complexity index is 665. The Morgan fingerprint density at radius 3 is 2.57 bits per heavy atom. The number of carbonyl (C=O) groups excluding carboxylic acids is 1. The molecule has 0 aliphatic rings. The van der Waals surface area contributed by atoms with Crippen molar-refractivity contribution < 1.29 is 13.9 Å². The van der Waals surface area contributed by atoms with Crippen molar-refractivity contribution in [3.05, 3.63) is 52.4 Å². The molecule has 1 N–H and O–H groups in total. The molecule has 0 saturated carbocycles. The van der Waals surface area contributed by atoms with Gasteiger partial charge in [-0.3, -0.25) is 4.79 Å². The average Bonchev–Trinajstić information content (AvgIpc) is 2.80. The van der Waals surface area contributed by atoms with E-state index in [0.717, 1.165) is 17.0 Å². The lowest BCUT2D eigenvalue weighted by Crippen LogP contribution is -2.36. The molecule has 1 aromatic heterocycles. The average molecular weight is 308 g/mol. The Balaban J connectivity index is 2.41. The largest absolute Gasteiger partial charge is 0.460 e. The third kappa shape index (κ3) is 3.58. The van der Waals surface area contributed by atoms with E-state index >= 15 is 0 Å². The summed E-state index contributed by atoms with van der Waals surface area (Å²) in [5.74, 6) is 0.862. The number of anilines is 1. The molecular formula is C16H18ClNO3. The number of ether oxygens (including phenoxy) is 1. The van der Waals surface area contributed by atoms with E-state index in [1.807, 2.05) is 32.0 Å².